The van der Waals surface area contributed by atoms with E-state index in [1.165, 1.54) is 0 Å². The minimum Gasteiger partial charge on any atom is -0.397 e. The molecule has 0 radical (unpaired) electrons. The molecule has 0 bridgehead atoms. The van der Waals surface area contributed by atoms with Crippen LogP contribution >= 0.6 is 11.3 Å². The van der Waals surface area contributed by atoms with Crippen LogP contribution in [-0.2, 0) is 6.54 Å². The third-order valence-corrected chi connectivity index (χ3v) is 3.07. The van der Waals surface area contributed by atoms with Gasteiger partial charge in [0.2, 0.25) is 0 Å². The average Bonchev–Trinajstić information content (AvgIpc) is 2.64. The van der Waals surface area contributed by atoms with Crippen LogP contribution in [0.1, 0.15) is 10.7 Å². The fourth-order valence-electron chi connectivity index (χ4n) is 1.47. The zero-order valence-electron chi connectivity index (χ0n) is 9.34. The summed E-state index contributed by atoms with van der Waals surface area (Å²) in [4.78, 5) is 10.6. The molecule has 0 spiro atoms. The van der Waals surface area contributed by atoms with Crippen LogP contribution in [0.4, 0.5) is 11.4 Å². The number of rotatable bonds is 3. The molecule has 2 N–H and O–H groups in total. The van der Waals surface area contributed by atoms with Crippen LogP contribution in [0.25, 0.3) is 0 Å². The normalized spacial score (nSPS) is 10.4. The Balaban J connectivity index is 2.11. The quantitative estimate of drug-likeness (QED) is 0.883. The summed E-state index contributed by atoms with van der Waals surface area (Å²) in [5.41, 5.74) is 8.45. The molecule has 2 aromatic rings. The van der Waals surface area contributed by atoms with Crippen molar-refractivity contribution in [2.45, 2.75) is 13.5 Å². The Labute approximate surface area is 98.8 Å². The maximum Gasteiger partial charge on any atom is 0.0898 e. The van der Waals surface area contributed by atoms with Crippen molar-refractivity contribution in [3.63, 3.8) is 0 Å². The zero-order chi connectivity index (χ0) is 11.5. The van der Waals surface area contributed by atoms with Crippen molar-refractivity contribution in [3.8, 4) is 0 Å². The highest BCUT2D eigenvalue weighted by Gasteiger charge is 2.05. The first-order valence-electron chi connectivity index (χ1n) is 4.98. The highest BCUT2D eigenvalue weighted by molar-refractivity contribution is 7.09. The maximum absolute atomic E-state index is 5.69. The summed E-state index contributed by atoms with van der Waals surface area (Å²) in [7, 11) is 2.01. The first-order valence-corrected chi connectivity index (χ1v) is 5.86. The van der Waals surface area contributed by atoms with E-state index in [4.69, 9.17) is 5.73 Å². The second kappa shape index (κ2) is 4.49. The molecule has 2 rings (SSSR count). The fourth-order valence-corrected chi connectivity index (χ4v) is 2.07. The van der Waals surface area contributed by atoms with Crippen LogP contribution in [0.15, 0.2) is 23.8 Å². The van der Waals surface area contributed by atoms with Crippen molar-refractivity contribution in [3.05, 3.63) is 34.5 Å². The number of aromatic nitrogens is 2. The number of anilines is 2. The van der Waals surface area contributed by atoms with Crippen LogP contribution < -0.4 is 10.6 Å². The molecule has 0 unspecified atom stereocenters. The SMILES string of the molecule is Cc1nc(CN(C)c2cncc(N)c2)cs1. The molecule has 0 atom stereocenters. The molecule has 0 amide bonds. The smallest absolute Gasteiger partial charge is 0.0898 e. The molecular formula is C11H14N4S. The van der Waals surface area contributed by atoms with Crippen molar-refractivity contribution in [2.24, 2.45) is 0 Å². The van der Waals surface area contributed by atoms with Crippen LogP contribution in [0.3, 0.4) is 0 Å². The molecule has 0 aromatic carbocycles. The number of hydrogen-bond acceptors (Lipinski definition) is 5. The Bertz CT molecular complexity index is 480. The number of nitrogens with zero attached hydrogens (tertiary/aromatic N) is 3. The van der Waals surface area contributed by atoms with Gasteiger partial charge < -0.3 is 10.6 Å². The Morgan fingerprint density at radius 3 is 2.88 bits per heavy atom. The molecule has 2 aromatic heterocycles. The van der Waals surface area contributed by atoms with Crippen molar-refractivity contribution in [2.75, 3.05) is 17.7 Å². The van der Waals surface area contributed by atoms with E-state index in [0.29, 0.717) is 5.69 Å². The molecule has 0 aliphatic rings. The standard InChI is InChI=1S/C11H14N4S/c1-8-14-10(7-16-8)6-15(2)11-3-9(12)4-13-5-11/h3-5,7H,6,12H2,1-2H3. The van der Waals surface area contributed by atoms with Gasteiger partial charge in [0, 0.05) is 18.6 Å². The first kappa shape index (κ1) is 10.9. The third kappa shape index (κ3) is 2.49. The number of pyridine rings is 1. The van der Waals surface area contributed by atoms with Crippen molar-refractivity contribution < 1.29 is 0 Å². The summed E-state index contributed by atoms with van der Waals surface area (Å²) >= 11 is 1.67. The molecule has 0 fully saturated rings. The van der Waals surface area contributed by atoms with Gasteiger partial charge in [0.15, 0.2) is 0 Å². The molecule has 0 saturated carbocycles. The molecule has 0 saturated heterocycles. The Morgan fingerprint density at radius 1 is 1.44 bits per heavy atom. The van der Waals surface area contributed by atoms with Gasteiger partial charge in [-0.05, 0) is 13.0 Å². The van der Waals surface area contributed by atoms with E-state index >= 15 is 0 Å². The van der Waals surface area contributed by atoms with Crippen molar-refractivity contribution >= 4 is 22.7 Å². The van der Waals surface area contributed by atoms with Gasteiger partial charge in [-0.3, -0.25) is 4.98 Å². The number of nitrogen functional groups attached to an aromatic ring is 1. The zero-order valence-corrected chi connectivity index (χ0v) is 10.2. The van der Waals surface area contributed by atoms with Gasteiger partial charge >= 0.3 is 0 Å². The predicted molar refractivity (Wildman–Crippen MR) is 67.6 cm³/mol. The summed E-state index contributed by atoms with van der Waals surface area (Å²) in [6.07, 6.45) is 3.44. The van der Waals surface area contributed by atoms with Crippen LogP contribution in [0, 0.1) is 6.92 Å². The van der Waals surface area contributed by atoms with E-state index in [-0.39, 0.29) is 0 Å². The minimum absolute atomic E-state index is 0.679. The fraction of sp³-hybridized carbons (Fsp3) is 0.273. The van der Waals surface area contributed by atoms with E-state index in [9.17, 15) is 0 Å². The van der Waals surface area contributed by atoms with Gasteiger partial charge in [-0.15, -0.1) is 11.3 Å². The van der Waals surface area contributed by atoms with E-state index in [1.54, 1.807) is 23.7 Å². The highest BCUT2D eigenvalue weighted by Crippen LogP contribution is 2.17. The van der Waals surface area contributed by atoms with Gasteiger partial charge in [-0.25, -0.2) is 4.98 Å². The summed E-state index contributed by atoms with van der Waals surface area (Å²) in [5, 5.41) is 3.17. The second-order valence-corrected chi connectivity index (χ2v) is 4.75. The van der Waals surface area contributed by atoms with Gasteiger partial charge in [0.05, 0.1) is 34.8 Å². The van der Waals surface area contributed by atoms with E-state index in [1.807, 2.05) is 20.0 Å². The van der Waals surface area contributed by atoms with E-state index in [0.717, 1.165) is 22.9 Å². The van der Waals surface area contributed by atoms with Crippen LogP contribution in [0.2, 0.25) is 0 Å². The second-order valence-electron chi connectivity index (χ2n) is 3.69. The van der Waals surface area contributed by atoms with Crippen molar-refractivity contribution in [1.29, 1.82) is 0 Å². The highest BCUT2D eigenvalue weighted by atomic mass is 32.1. The number of thiazole rings is 1. The first-order chi connectivity index (χ1) is 7.65. The summed E-state index contributed by atoms with van der Waals surface area (Å²) < 4.78 is 0. The molecule has 5 heteroatoms. The number of aryl methyl sites for hydroxylation is 1. The lowest BCUT2D eigenvalue weighted by atomic mass is 10.3. The number of nitrogens with two attached hydrogens (primary N) is 1. The predicted octanol–water partition coefficient (Wildman–Crippen LogP) is 2.07. The largest absolute Gasteiger partial charge is 0.397 e. The summed E-state index contributed by atoms with van der Waals surface area (Å²) in [6.45, 7) is 2.78. The molecule has 2 heterocycles. The van der Waals surface area contributed by atoms with Gasteiger partial charge in [0.25, 0.3) is 0 Å². The minimum atomic E-state index is 0.679. The van der Waals surface area contributed by atoms with Crippen LogP contribution in [-0.4, -0.2) is 17.0 Å². The molecule has 0 aliphatic heterocycles. The Kier molecular flexibility index (Phi) is 3.05. The lowest BCUT2D eigenvalue weighted by molar-refractivity contribution is 0.887. The topological polar surface area (TPSA) is 55.0 Å². The van der Waals surface area contributed by atoms with E-state index < -0.39 is 0 Å². The van der Waals surface area contributed by atoms with Gasteiger partial charge in [-0.1, -0.05) is 0 Å². The lowest BCUT2D eigenvalue weighted by Crippen LogP contribution is -2.16. The van der Waals surface area contributed by atoms with E-state index in [2.05, 4.69) is 20.2 Å². The van der Waals surface area contributed by atoms with Gasteiger partial charge in [0.1, 0.15) is 0 Å². The van der Waals surface area contributed by atoms with Gasteiger partial charge in [-0.2, -0.15) is 0 Å². The van der Waals surface area contributed by atoms with Crippen LogP contribution in [0.5, 0.6) is 0 Å². The monoisotopic (exact) mass is 234 g/mol. The molecule has 4 nitrogen and oxygen atoms in total. The third-order valence-electron chi connectivity index (χ3n) is 2.25. The summed E-state index contributed by atoms with van der Waals surface area (Å²) in [5.74, 6) is 0. The average molecular weight is 234 g/mol. The lowest BCUT2D eigenvalue weighted by Gasteiger charge is -2.17. The maximum atomic E-state index is 5.69. The Morgan fingerprint density at radius 2 is 2.25 bits per heavy atom. The molecule has 16 heavy (non-hydrogen) atoms. The van der Waals surface area contributed by atoms with Crippen molar-refractivity contribution in [1.82, 2.24) is 9.97 Å². The molecular weight excluding hydrogens is 220 g/mol. The number of hydrogen-bond donors (Lipinski definition) is 1. The Hall–Kier alpha value is -1.62. The summed E-state index contributed by atoms with van der Waals surface area (Å²) in [6, 6.07) is 1.91. The molecule has 0 aliphatic carbocycles. The molecule has 84 valence electrons.